The van der Waals surface area contributed by atoms with Crippen molar-refractivity contribution < 1.29 is 0 Å². The molecule has 0 fully saturated rings. The van der Waals surface area contributed by atoms with Crippen molar-refractivity contribution in [2.24, 2.45) is 0 Å². The van der Waals surface area contributed by atoms with Crippen LogP contribution in [0, 0.1) is 0 Å². The molecule has 510 valence electrons. The Bertz CT molecular complexity index is 6890. The molecular formula is C97H62N12. The molecule has 12 aromatic heterocycles. The molecule has 0 atom stereocenters. The van der Waals surface area contributed by atoms with Gasteiger partial charge in [0.15, 0.2) is 0 Å². The van der Waals surface area contributed by atoms with Crippen LogP contribution < -0.4 is 0 Å². The second kappa shape index (κ2) is 27.2. The first kappa shape index (κ1) is 63.7. The molecule has 0 aliphatic heterocycles. The lowest BCUT2D eigenvalue weighted by molar-refractivity contribution is 1.14. The van der Waals surface area contributed by atoms with E-state index in [1.54, 1.807) is 18.6 Å². The van der Waals surface area contributed by atoms with E-state index in [2.05, 4.69) is 263 Å². The number of hydrogen-bond donors (Lipinski definition) is 0. The highest BCUT2D eigenvalue weighted by Gasteiger charge is 2.22. The zero-order chi connectivity index (χ0) is 72.1. The summed E-state index contributed by atoms with van der Waals surface area (Å²) in [5.74, 6) is 0. The quantitative estimate of drug-likeness (QED) is 0.139. The lowest BCUT2D eigenvalue weighted by Gasteiger charge is -2.09. The molecule has 0 aliphatic rings. The summed E-state index contributed by atoms with van der Waals surface area (Å²) in [6.45, 7) is 0. The molecular weight excluding hydrogens is 1330 g/mol. The van der Waals surface area contributed by atoms with E-state index in [4.69, 9.17) is 19.9 Å². The number of aromatic nitrogens is 12. The van der Waals surface area contributed by atoms with Gasteiger partial charge in [0.2, 0.25) is 0 Å². The average Bonchev–Trinajstić information content (AvgIpc) is 1.59. The molecule has 0 saturated heterocycles. The average molecular weight is 1400 g/mol. The first-order valence-electron chi connectivity index (χ1n) is 36.3. The summed E-state index contributed by atoms with van der Waals surface area (Å²) in [5.41, 5.74) is 21.6. The Balaban J connectivity index is 0.000000108. The van der Waals surface area contributed by atoms with Gasteiger partial charge in [0.1, 0.15) is 0 Å². The monoisotopic (exact) mass is 1390 g/mol. The van der Waals surface area contributed by atoms with Gasteiger partial charge in [-0.05, 0) is 195 Å². The van der Waals surface area contributed by atoms with Gasteiger partial charge in [-0.2, -0.15) is 0 Å². The zero-order valence-electron chi connectivity index (χ0n) is 58.7. The van der Waals surface area contributed by atoms with Gasteiger partial charge >= 0.3 is 0 Å². The molecule has 22 aromatic rings. The van der Waals surface area contributed by atoms with Crippen LogP contribution in [0.5, 0.6) is 0 Å². The Morgan fingerprint density at radius 3 is 0.945 bits per heavy atom. The van der Waals surface area contributed by atoms with Crippen molar-refractivity contribution in [2.75, 3.05) is 0 Å². The molecule has 0 amide bonds. The minimum absolute atomic E-state index is 0.856. The molecule has 109 heavy (non-hydrogen) atoms. The van der Waals surface area contributed by atoms with Gasteiger partial charge in [0.05, 0.1) is 114 Å². The van der Waals surface area contributed by atoms with E-state index in [9.17, 15) is 0 Å². The molecule has 12 nitrogen and oxygen atoms in total. The van der Waals surface area contributed by atoms with Crippen LogP contribution in [0.15, 0.2) is 377 Å². The van der Waals surface area contributed by atoms with E-state index < -0.39 is 0 Å². The van der Waals surface area contributed by atoms with Crippen LogP contribution in [0.25, 0.3) is 193 Å². The van der Waals surface area contributed by atoms with Crippen molar-refractivity contribution in [1.82, 2.24) is 58.6 Å². The summed E-state index contributed by atoms with van der Waals surface area (Å²) < 4.78 is 6.92. The predicted octanol–water partition coefficient (Wildman–Crippen LogP) is 23.5. The highest BCUT2D eigenvalue weighted by Crippen LogP contribution is 2.43. The topological polar surface area (TPSA) is 131 Å². The maximum atomic E-state index is 4.81. The molecule has 0 unspecified atom stereocenters. The fraction of sp³-hybridized carbons (Fsp3) is 0. The van der Waals surface area contributed by atoms with E-state index in [0.29, 0.717) is 0 Å². The zero-order valence-corrected chi connectivity index (χ0v) is 58.7. The second-order valence-electron chi connectivity index (χ2n) is 26.9. The van der Waals surface area contributed by atoms with Crippen LogP contribution >= 0.6 is 0 Å². The summed E-state index contributed by atoms with van der Waals surface area (Å²) >= 11 is 0. The summed E-state index contributed by atoms with van der Waals surface area (Å²) in [6.07, 6.45) is 18.7. The van der Waals surface area contributed by atoms with Crippen LogP contribution in [-0.2, 0) is 0 Å². The lowest BCUT2D eigenvalue weighted by atomic mass is 10.00. The maximum absolute atomic E-state index is 4.81. The Hall–Kier alpha value is -15.0. The van der Waals surface area contributed by atoms with Gasteiger partial charge in [-0.3, -0.25) is 44.9 Å². The smallest absolute Gasteiger partial charge is 0.0887 e. The Morgan fingerprint density at radius 1 is 0.183 bits per heavy atom. The standard InChI is InChI=1S/C35H22N4.2C31H20N4/c1-3-9-27-23(7-1)12-17-33-34(27)29-21-25(35-28-10-4-2-8-24(28)18-20-37-35)13-16-32(29)39(33)26-14-15-31(38-22-26)30-11-5-6-19-36-30;1-2-8-24-21(7-1)11-16-30-31(24)25-19-22(26-9-3-5-17-32-26)12-15-29(25)35(30)23-13-14-28(34-20-23)27-10-4-6-18-33-27;1-2-8-25-21(6-1)10-15-30-31(25)26-18-22(23-7-5-16-32-19-23)11-14-29(26)35(30)24-12-13-28(34-20-24)27-9-3-4-17-33-27/h1-22H;2*1-20H. The normalized spacial score (nSPS) is 11.5. The molecule has 0 aliphatic carbocycles. The Kier molecular flexibility index (Phi) is 15.9. The third-order valence-corrected chi connectivity index (χ3v) is 20.7. The summed E-state index contributed by atoms with van der Waals surface area (Å²) in [6, 6.07) is 110. The van der Waals surface area contributed by atoms with E-state index in [1.807, 2.05) is 134 Å². The summed E-state index contributed by atoms with van der Waals surface area (Å²) in [4.78, 5) is 41.3. The third-order valence-electron chi connectivity index (χ3n) is 20.7. The van der Waals surface area contributed by atoms with Crippen molar-refractivity contribution >= 4 is 109 Å². The summed E-state index contributed by atoms with van der Waals surface area (Å²) in [5, 5.41) is 17.1. The van der Waals surface area contributed by atoms with Gasteiger partial charge in [0.25, 0.3) is 0 Å². The van der Waals surface area contributed by atoms with Crippen molar-refractivity contribution in [2.45, 2.75) is 0 Å². The van der Waals surface area contributed by atoms with Crippen LogP contribution in [0.3, 0.4) is 0 Å². The highest BCUT2D eigenvalue weighted by molar-refractivity contribution is 6.24. The van der Waals surface area contributed by atoms with Gasteiger partial charge in [-0.25, -0.2) is 0 Å². The maximum Gasteiger partial charge on any atom is 0.0887 e. The number of rotatable bonds is 9. The largest absolute Gasteiger partial charge is 0.308 e. The van der Waals surface area contributed by atoms with Crippen molar-refractivity contribution in [3.8, 4) is 84.9 Å². The molecule has 0 N–H and O–H groups in total. The van der Waals surface area contributed by atoms with Gasteiger partial charge in [-0.15, -0.1) is 0 Å². The van der Waals surface area contributed by atoms with E-state index in [-0.39, 0.29) is 0 Å². The van der Waals surface area contributed by atoms with E-state index in [0.717, 1.165) is 123 Å². The molecule has 10 aromatic carbocycles. The third kappa shape index (κ3) is 11.5. The second-order valence-corrected chi connectivity index (χ2v) is 26.9. The van der Waals surface area contributed by atoms with Crippen LogP contribution in [0.1, 0.15) is 0 Å². The Labute approximate surface area is 625 Å². The highest BCUT2D eigenvalue weighted by atomic mass is 15.0. The van der Waals surface area contributed by atoms with Crippen molar-refractivity contribution in [3.05, 3.63) is 377 Å². The van der Waals surface area contributed by atoms with Crippen molar-refractivity contribution in [1.29, 1.82) is 0 Å². The number of nitrogens with zero attached hydrogens (tertiary/aromatic N) is 12. The lowest BCUT2D eigenvalue weighted by Crippen LogP contribution is -1.96. The predicted molar refractivity (Wildman–Crippen MR) is 445 cm³/mol. The molecule has 12 heteroatoms. The number of benzene rings is 10. The fourth-order valence-corrected chi connectivity index (χ4v) is 15.7. The SMILES string of the molecule is c1ccc(-c2ccc(-n3c4ccc(-c5cccnc5)cc4c4c5ccccc5ccc43)cn2)nc1.c1ccc(-c2ccc(-n3c4ccc(-c5nccc6ccccc56)cc4c4c5ccccc5ccc43)cn2)nc1.c1ccc(-c2ccc3c(c2)c2c4ccccc4ccc2n3-c2ccc(-c3ccccn3)nc2)nc1. The number of hydrogen-bond acceptors (Lipinski definition) is 9. The molecule has 0 spiro atoms. The van der Waals surface area contributed by atoms with Crippen LogP contribution in [0.4, 0.5) is 0 Å². The van der Waals surface area contributed by atoms with E-state index >= 15 is 0 Å². The minimum atomic E-state index is 0.856. The first-order chi connectivity index (χ1) is 54.1. The van der Waals surface area contributed by atoms with Crippen LogP contribution in [0.2, 0.25) is 0 Å². The minimum Gasteiger partial charge on any atom is -0.308 e. The molecule has 22 rings (SSSR count). The molecule has 0 bridgehead atoms. The van der Waals surface area contributed by atoms with Crippen LogP contribution in [-0.4, -0.2) is 58.6 Å². The molecule has 0 radical (unpaired) electrons. The first-order valence-corrected chi connectivity index (χ1v) is 36.3. The Morgan fingerprint density at radius 2 is 0.541 bits per heavy atom. The van der Waals surface area contributed by atoms with Gasteiger partial charge < -0.3 is 13.7 Å². The summed E-state index contributed by atoms with van der Waals surface area (Å²) in [7, 11) is 0. The van der Waals surface area contributed by atoms with Gasteiger partial charge in [-0.1, -0.05) is 164 Å². The number of pyridine rings is 9. The van der Waals surface area contributed by atoms with Gasteiger partial charge in [0, 0.05) is 97.8 Å². The fourth-order valence-electron chi connectivity index (χ4n) is 15.7. The van der Waals surface area contributed by atoms with E-state index in [1.165, 1.54) is 70.0 Å². The molecule has 0 saturated carbocycles. The van der Waals surface area contributed by atoms with Crippen molar-refractivity contribution in [3.63, 3.8) is 0 Å². The molecule has 12 heterocycles. The number of fused-ring (bicyclic) bond motifs is 16.